The van der Waals surface area contributed by atoms with Crippen molar-refractivity contribution in [2.75, 3.05) is 19.0 Å². The van der Waals surface area contributed by atoms with Crippen molar-refractivity contribution in [3.8, 4) is 0 Å². The highest BCUT2D eigenvalue weighted by molar-refractivity contribution is 6.30. The molecule has 2 aromatic rings. The number of hydrogen-bond acceptors (Lipinski definition) is 5. The van der Waals surface area contributed by atoms with E-state index in [4.69, 9.17) is 17.3 Å². The van der Waals surface area contributed by atoms with Crippen molar-refractivity contribution < 1.29 is 4.39 Å². The van der Waals surface area contributed by atoms with Crippen molar-refractivity contribution in [3.63, 3.8) is 0 Å². The molecular formula is C35H45ClFN5. The van der Waals surface area contributed by atoms with Gasteiger partial charge in [-0.25, -0.2) is 0 Å². The van der Waals surface area contributed by atoms with Gasteiger partial charge in [-0.1, -0.05) is 69.7 Å². The summed E-state index contributed by atoms with van der Waals surface area (Å²) >= 11 is 6.38. The van der Waals surface area contributed by atoms with Gasteiger partial charge in [-0.15, -0.1) is 6.58 Å². The van der Waals surface area contributed by atoms with E-state index in [0.717, 1.165) is 70.9 Å². The molecule has 224 valence electrons. The zero-order valence-electron chi connectivity index (χ0n) is 25.1. The molecule has 1 aliphatic heterocycles. The Bertz CT molecular complexity index is 1330. The zero-order chi connectivity index (χ0) is 30.6. The van der Waals surface area contributed by atoms with Crippen LogP contribution in [0.25, 0.3) is 11.3 Å². The summed E-state index contributed by atoms with van der Waals surface area (Å²) in [6.45, 7) is 18.8. The Kier molecular flexibility index (Phi) is 12.5. The number of anilines is 1. The minimum Gasteiger partial charge on any atom is -0.397 e. The molecule has 2 atom stereocenters. The van der Waals surface area contributed by atoms with E-state index < -0.39 is 0 Å². The fourth-order valence-corrected chi connectivity index (χ4v) is 5.34. The largest absolute Gasteiger partial charge is 0.397 e. The van der Waals surface area contributed by atoms with Crippen LogP contribution in [0.3, 0.4) is 0 Å². The standard InChI is InChI=1S/C35H45ClFN5/c1-7-9-10-12-27(8-2)20-35(26(5)41-30-16-17-34(40-22-30)25(4)39-6)42-23-33(38)32(19-24(42)3)31-21-29(36)15-14-28(31)13-11-18-37/h8,14-17,19,21-23,27,35,39,41H,2-5,7,9-13,18,20,38H2,1,6H3. The maximum absolute atomic E-state index is 13.0. The van der Waals surface area contributed by atoms with E-state index in [1.807, 2.05) is 55.7 Å². The first-order chi connectivity index (χ1) is 20.2. The number of pyridine rings is 1. The highest BCUT2D eigenvalue weighted by Gasteiger charge is 2.28. The molecule has 0 bridgehead atoms. The second-order valence-electron chi connectivity index (χ2n) is 10.7. The lowest BCUT2D eigenvalue weighted by Gasteiger charge is -2.37. The molecule has 3 rings (SSSR count). The van der Waals surface area contributed by atoms with Crippen molar-refractivity contribution in [1.82, 2.24) is 15.2 Å². The van der Waals surface area contributed by atoms with Gasteiger partial charge in [0, 0.05) is 35.2 Å². The Labute approximate surface area is 256 Å². The Morgan fingerprint density at radius 2 is 1.98 bits per heavy atom. The number of hydrogen-bond donors (Lipinski definition) is 3. The summed E-state index contributed by atoms with van der Waals surface area (Å²) in [6, 6.07) is 9.39. The molecule has 0 saturated carbocycles. The number of nitrogens with one attached hydrogen (secondary N) is 2. The summed E-state index contributed by atoms with van der Waals surface area (Å²) in [6.07, 6.45) is 14.1. The lowest BCUT2D eigenvalue weighted by molar-refractivity contribution is 0.327. The van der Waals surface area contributed by atoms with Gasteiger partial charge in [0.05, 0.1) is 41.7 Å². The van der Waals surface area contributed by atoms with Crippen LogP contribution in [0.4, 0.5) is 10.1 Å². The van der Waals surface area contributed by atoms with Crippen molar-refractivity contribution in [2.24, 2.45) is 11.7 Å². The molecule has 1 aliphatic rings. The van der Waals surface area contributed by atoms with Crippen LogP contribution in [0.1, 0.15) is 62.3 Å². The van der Waals surface area contributed by atoms with Crippen LogP contribution in [0.5, 0.6) is 0 Å². The van der Waals surface area contributed by atoms with Gasteiger partial charge in [-0.05, 0) is 73.1 Å². The van der Waals surface area contributed by atoms with Crippen LogP contribution in [0.2, 0.25) is 5.02 Å². The second kappa shape index (κ2) is 16.0. The molecule has 4 N–H and O–H groups in total. The van der Waals surface area contributed by atoms with Crippen LogP contribution in [-0.2, 0) is 6.42 Å². The molecule has 2 heterocycles. The molecule has 2 unspecified atom stereocenters. The SMILES string of the molecule is C=CC(CCCCC)CC(C(=C)Nc1ccc(C(=C)NC)nc1)N1C=C(N)C(c2cc(Cl)ccc2CCCF)=CC1=C. The predicted molar refractivity (Wildman–Crippen MR) is 178 cm³/mol. The molecule has 0 fully saturated rings. The summed E-state index contributed by atoms with van der Waals surface area (Å²) < 4.78 is 13.0. The molecule has 0 spiro atoms. The smallest absolute Gasteiger partial charge is 0.0897 e. The third-order valence-electron chi connectivity index (χ3n) is 7.63. The third kappa shape index (κ3) is 8.62. The van der Waals surface area contributed by atoms with E-state index in [-0.39, 0.29) is 18.6 Å². The quantitative estimate of drug-likeness (QED) is 0.127. The predicted octanol–water partition coefficient (Wildman–Crippen LogP) is 8.61. The van der Waals surface area contributed by atoms with Crippen LogP contribution in [-0.4, -0.2) is 29.6 Å². The first kappa shape index (κ1) is 32.7. The Hall–Kier alpha value is -3.77. The molecule has 5 nitrogen and oxygen atoms in total. The molecule has 1 aromatic heterocycles. The lowest BCUT2D eigenvalue weighted by Crippen LogP contribution is -2.37. The van der Waals surface area contributed by atoms with E-state index in [0.29, 0.717) is 23.6 Å². The summed E-state index contributed by atoms with van der Waals surface area (Å²) in [5.74, 6) is 0.285. The summed E-state index contributed by atoms with van der Waals surface area (Å²) in [5, 5.41) is 7.10. The molecule has 7 heteroatoms. The van der Waals surface area contributed by atoms with Gasteiger partial charge in [0.2, 0.25) is 0 Å². The fourth-order valence-electron chi connectivity index (χ4n) is 5.17. The summed E-state index contributed by atoms with van der Waals surface area (Å²) in [5.41, 5.74) is 14.0. The van der Waals surface area contributed by atoms with Crippen molar-refractivity contribution in [2.45, 2.75) is 57.9 Å². The van der Waals surface area contributed by atoms with E-state index in [9.17, 15) is 4.39 Å². The van der Waals surface area contributed by atoms with Crippen molar-refractivity contribution in [1.29, 1.82) is 0 Å². The molecule has 0 saturated heterocycles. The Morgan fingerprint density at radius 3 is 2.62 bits per heavy atom. The van der Waals surface area contributed by atoms with Gasteiger partial charge >= 0.3 is 0 Å². The van der Waals surface area contributed by atoms with Gasteiger partial charge in [0.25, 0.3) is 0 Å². The maximum Gasteiger partial charge on any atom is 0.0897 e. The Balaban J connectivity index is 1.93. The summed E-state index contributed by atoms with van der Waals surface area (Å²) in [7, 11) is 1.82. The average molecular weight is 590 g/mol. The number of halogens is 2. The molecule has 1 aromatic carbocycles. The number of nitrogens with two attached hydrogens (primary N) is 1. The first-order valence-electron chi connectivity index (χ1n) is 14.6. The molecule has 0 amide bonds. The maximum atomic E-state index is 13.0. The van der Waals surface area contributed by atoms with Gasteiger partial charge in [-0.3, -0.25) is 9.37 Å². The summed E-state index contributed by atoms with van der Waals surface area (Å²) in [4.78, 5) is 6.60. The van der Waals surface area contributed by atoms with E-state index in [1.54, 1.807) is 6.20 Å². The average Bonchev–Trinajstić information content (AvgIpc) is 2.99. The van der Waals surface area contributed by atoms with Gasteiger partial charge in [0.15, 0.2) is 0 Å². The van der Waals surface area contributed by atoms with Gasteiger partial charge < -0.3 is 21.3 Å². The number of aromatic nitrogens is 1. The van der Waals surface area contributed by atoms with E-state index in [1.165, 1.54) is 6.42 Å². The number of aryl methyl sites for hydroxylation is 1. The Morgan fingerprint density at radius 1 is 1.19 bits per heavy atom. The highest BCUT2D eigenvalue weighted by atomic mass is 35.5. The number of nitrogens with zero attached hydrogens (tertiary/aromatic N) is 2. The van der Waals surface area contributed by atoms with Crippen LogP contribution >= 0.6 is 11.6 Å². The normalized spacial score (nSPS) is 14.5. The first-order valence-corrected chi connectivity index (χ1v) is 15.0. The number of alkyl halides is 1. The number of rotatable bonds is 17. The van der Waals surface area contributed by atoms with Gasteiger partial charge in [0.1, 0.15) is 0 Å². The molecule has 42 heavy (non-hydrogen) atoms. The minimum atomic E-state index is -0.380. The highest BCUT2D eigenvalue weighted by Crippen LogP contribution is 2.36. The fraction of sp³-hybridized carbons (Fsp3) is 0.343. The molecular weight excluding hydrogens is 545 g/mol. The number of unbranched alkanes of at least 4 members (excludes halogenated alkanes) is 2. The number of allylic oxidation sites excluding steroid dienone is 3. The third-order valence-corrected chi connectivity index (χ3v) is 7.86. The number of benzene rings is 1. The van der Waals surface area contributed by atoms with Crippen molar-refractivity contribution >= 4 is 28.6 Å². The zero-order valence-corrected chi connectivity index (χ0v) is 25.8. The minimum absolute atomic E-state index is 0.157. The molecule has 0 aliphatic carbocycles. The van der Waals surface area contributed by atoms with E-state index in [2.05, 4.69) is 53.8 Å². The van der Waals surface area contributed by atoms with Gasteiger partial charge in [-0.2, -0.15) is 0 Å². The van der Waals surface area contributed by atoms with Crippen molar-refractivity contribution in [3.05, 3.63) is 120 Å². The lowest BCUT2D eigenvalue weighted by atomic mass is 9.89. The van der Waals surface area contributed by atoms with Crippen LogP contribution in [0.15, 0.2) is 98.3 Å². The van der Waals surface area contributed by atoms with Crippen LogP contribution < -0.4 is 16.4 Å². The molecule has 0 radical (unpaired) electrons. The topological polar surface area (TPSA) is 66.2 Å². The second-order valence-corrected chi connectivity index (χ2v) is 11.1. The van der Waals surface area contributed by atoms with Crippen LogP contribution in [0, 0.1) is 5.92 Å². The monoisotopic (exact) mass is 589 g/mol. The van der Waals surface area contributed by atoms with E-state index >= 15 is 0 Å².